The molecule has 1 aliphatic heterocycles. The molecular weight excluding hydrogens is 384 g/mol. The molecule has 1 unspecified atom stereocenters. The van der Waals surface area contributed by atoms with E-state index in [1.807, 2.05) is 41.3 Å². The largest absolute Gasteiger partial charge is 0.492 e. The molecule has 1 atom stereocenters. The molecule has 2 aromatic rings. The number of ether oxygens (including phenoxy) is 2. The first-order valence-electron chi connectivity index (χ1n) is 10.0. The lowest BCUT2D eigenvalue weighted by Gasteiger charge is -2.39. The number of hydrogen-bond donors (Lipinski definition) is 1. The van der Waals surface area contributed by atoms with Crippen molar-refractivity contribution in [3.63, 3.8) is 0 Å². The Kier molecular flexibility index (Phi) is 10.4. The van der Waals surface area contributed by atoms with E-state index in [9.17, 15) is 4.79 Å². The molecule has 1 heterocycles. The smallest absolute Gasteiger partial charge is 0.290 e. The van der Waals surface area contributed by atoms with E-state index < -0.39 is 0 Å². The maximum Gasteiger partial charge on any atom is 0.290 e. The lowest BCUT2D eigenvalue weighted by Crippen LogP contribution is -2.50. The number of carboxylic acid groups (broad SMARTS) is 1. The van der Waals surface area contributed by atoms with E-state index in [2.05, 4.69) is 29.2 Å². The summed E-state index contributed by atoms with van der Waals surface area (Å²) in [5.41, 5.74) is 1.24. The fourth-order valence-corrected chi connectivity index (χ4v) is 3.41. The van der Waals surface area contributed by atoms with Gasteiger partial charge in [0.05, 0.1) is 19.1 Å². The van der Waals surface area contributed by atoms with Crippen LogP contribution in [0.15, 0.2) is 60.7 Å². The van der Waals surface area contributed by atoms with Crippen molar-refractivity contribution >= 4 is 12.4 Å². The van der Waals surface area contributed by atoms with Gasteiger partial charge in [0, 0.05) is 33.3 Å². The SMILES string of the molecule is COCCC(=O)N1CCN(C(COc2ccccc2)c2ccccc2)CC1.O=CO. The third-order valence-electron chi connectivity index (χ3n) is 4.96. The van der Waals surface area contributed by atoms with Crippen LogP contribution in [0.1, 0.15) is 18.0 Å². The molecule has 0 aliphatic carbocycles. The molecule has 1 saturated heterocycles. The van der Waals surface area contributed by atoms with E-state index in [4.69, 9.17) is 19.4 Å². The highest BCUT2D eigenvalue weighted by Gasteiger charge is 2.27. The van der Waals surface area contributed by atoms with Crippen LogP contribution in [0.5, 0.6) is 5.75 Å². The van der Waals surface area contributed by atoms with Crippen LogP contribution in [0, 0.1) is 0 Å². The number of amides is 1. The molecule has 0 bridgehead atoms. The van der Waals surface area contributed by atoms with Gasteiger partial charge in [-0.2, -0.15) is 0 Å². The molecule has 0 aromatic heterocycles. The summed E-state index contributed by atoms with van der Waals surface area (Å²) in [4.78, 5) is 24.9. The van der Waals surface area contributed by atoms with Crippen LogP contribution in [0.3, 0.4) is 0 Å². The maximum absolute atomic E-state index is 12.2. The summed E-state index contributed by atoms with van der Waals surface area (Å²) < 4.78 is 11.1. The van der Waals surface area contributed by atoms with Gasteiger partial charge in [-0.05, 0) is 17.7 Å². The van der Waals surface area contributed by atoms with Gasteiger partial charge in [-0.3, -0.25) is 14.5 Å². The third-order valence-corrected chi connectivity index (χ3v) is 4.96. The Bertz CT molecular complexity index is 734. The van der Waals surface area contributed by atoms with Gasteiger partial charge < -0.3 is 19.5 Å². The van der Waals surface area contributed by atoms with Gasteiger partial charge in [0.25, 0.3) is 6.47 Å². The summed E-state index contributed by atoms with van der Waals surface area (Å²) in [5, 5.41) is 6.89. The molecule has 0 saturated carbocycles. The molecule has 0 spiro atoms. The Labute approximate surface area is 177 Å². The van der Waals surface area contributed by atoms with E-state index >= 15 is 0 Å². The van der Waals surface area contributed by atoms with Crippen molar-refractivity contribution in [2.75, 3.05) is 46.5 Å². The summed E-state index contributed by atoms with van der Waals surface area (Å²) in [5.74, 6) is 1.06. The maximum atomic E-state index is 12.2. The van der Waals surface area contributed by atoms with Gasteiger partial charge >= 0.3 is 0 Å². The number of carbonyl (C=O) groups excluding carboxylic acids is 1. The van der Waals surface area contributed by atoms with Crippen molar-refractivity contribution in [2.45, 2.75) is 12.5 Å². The predicted molar refractivity (Wildman–Crippen MR) is 114 cm³/mol. The summed E-state index contributed by atoms with van der Waals surface area (Å²) in [6.45, 7) is 4.00. The lowest BCUT2D eigenvalue weighted by atomic mass is 10.0. The zero-order valence-electron chi connectivity index (χ0n) is 17.4. The van der Waals surface area contributed by atoms with E-state index in [1.54, 1.807) is 7.11 Å². The molecule has 1 amide bonds. The van der Waals surface area contributed by atoms with E-state index in [0.29, 0.717) is 19.6 Å². The second kappa shape index (κ2) is 13.3. The average Bonchev–Trinajstić information content (AvgIpc) is 2.80. The second-order valence-electron chi connectivity index (χ2n) is 6.82. The van der Waals surface area contributed by atoms with Crippen molar-refractivity contribution in [2.24, 2.45) is 0 Å². The fourth-order valence-electron chi connectivity index (χ4n) is 3.41. The van der Waals surface area contributed by atoms with Gasteiger partial charge in [-0.25, -0.2) is 0 Å². The van der Waals surface area contributed by atoms with Crippen molar-refractivity contribution in [3.8, 4) is 5.75 Å². The highest BCUT2D eigenvalue weighted by Crippen LogP contribution is 2.24. The van der Waals surface area contributed by atoms with Gasteiger partial charge in [0.2, 0.25) is 5.91 Å². The molecule has 3 rings (SSSR count). The summed E-state index contributed by atoms with van der Waals surface area (Å²) >= 11 is 0. The normalized spacial score (nSPS) is 14.9. The first-order valence-corrected chi connectivity index (χ1v) is 10.0. The predicted octanol–water partition coefficient (Wildman–Crippen LogP) is 2.69. The molecule has 1 fully saturated rings. The molecule has 1 N–H and O–H groups in total. The zero-order chi connectivity index (χ0) is 21.6. The molecule has 1 aliphatic rings. The Morgan fingerprint density at radius 3 is 2.17 bits per heavy atom. The summed E-state index contributed by atoms with van der Waals surface area (Å²) in [6.07, 6.45) is 0.454. The summed E-state index contributed by atoms with van der Waals surface area (Å²) in [7, 11) is 1.63. The van der Waals surface area contributed by atoms with Crippen LogP contribution in [0.2, 0.25) is 0 Å². The number of piperazine rings is 1. The van der Waals surface area contributed by atoms with Crippen molar-refractivity contribution < 1.29 is 24.2 Å². The molecule has 0 radical (unpaired) electrons. The third kappa shape index (κ3) is 7.50. The first kappa shape index (κ1) is 23.4. The van der Waals surface area contributed by atoms with Gasteiger partial charge in [0.1, 0.15) is 12.4 Å². The number of nitrogens with zero attached hydrogens (tertiary/aromatic N) is 2. The average molecular weight is 415 g/mol. The number of hydrogen-bond acceptors (Lipinski definition) is 5. The van der Waals surface area contributed by atoms with Crippen LogP contribution < -0.4 is 4.74 Å². The highest BCUT2D eigenvalue weighted by atomic mass is 16.5. The topological polar surface area (TPSA) is 79.3 Å². The molecule has 30 heavy (non-hydrogen) atoms. The minimum atomic E-state index is -0.250. The number of rotatable bonds is 8. The van der Waals surface area contributed by atoms with Crippen molar-refractivity contribution in [3.05, 3.63) is 66.2 Å². The van der Waals surface area contributed by atoms with Crippen molar-refractivity contribution in [1.29, 1.82) is 0 Å². The summed E-state index contributed by atoms with van der Waals surface area (Å²) in [6, 6.07) is 20.5. The molecule has 162 valence electrons. The first-order chi connectivity index (χ1) is 14.7. The number of carbonyl (C=O) groups is 2. The van der Waals surface area contributed by atoms with Crippen LogP contribution in [-0.2, 0) is 14.3 Å². The zero-order valence-corrected chi connectivity index (χ0v) is 17.4. The lowest BCUT2D eigenvalue weighted by molar-refractivity contribution is -0.134. The van der Waals surface area contributed by atoms with Crippen LogP contribution in [-0.4, -0.2) is 73.8 Å². The Balaban J connectivity index is 0.00000101. The van der Waals surface area contributed by atoms with E-state index in [-0.39, 0.29) is 18.4 Å². The van der Waals surface area contributed by atoms with Gasteiger partial charge in [-0.1, -0.05) is 48.5 Å². The molecule has 7 nitrogen and oxygen atoms in total. The monoisotopic (exact) mass is 414 g/mol. The van der Waals surface area contributed by atoms with Crippen LogP contribution in [0.25, 0.3) is 0 Å². The number of methoxy groups -OCH3 is 1. The molecular formula is C23H30N2O5. The van der Waals surface area contributed by atoms with Crippen LogP contribution >= 0.6 is 0 Å². The standard InChI is InChI=1S/C22H28N2O3.CH2O2/c1-26-17-12-22(25)24-15-13-23(14-16-24)21(19-8-4-2-5-9-19)18-27-20-10-6-3-7-11-20;2-1-3/h2-11,21H,12-18H2,1H3;1H,(H,2,3). The van der Waals surface area contributed by atoms with Crippen molar-refractivity contribution in [1.82, 2.24) is 9.80 Å². The number of para-hydroxylation sites is 1. The minimum Gasteiger partial charge on any atom is -0.492 e. The second-order valence-corrected chi connectivity index (χ2v) is 6.82. The Hall–Kier alpha value is -2.90. The number of benzene rings is 2. The fraction of sp³-hybridized carbons (Fsp3) is 0.391. The Morgan fingerprint density at radius 1 is 1.03 bits per heavy atom. The highest BCUT2D eigenvalue weighted by molar-refractivity contribution is 5.76. The van der Waals surface area contributed by atoms with Gasteiger partial charge in [-0.15, -0.1) is 0 Å². The minimum absolute atomic E-state index is 0.169. The van der Waals surface area contributed by atoms with Gasteiger partial charge in [0.15, 0.2) is 0 Å². The van der Waals surface area contributed by atoms with Crippen LogP contribution in [0.4, 0.5) is 0 Å². The van der Waals surface area contributed by atoms with E-state index in [1.165, 1.54) is 5.56 Å². The van der Waals surface area contributed by atoms with E-state index in [0.717, 1.165) is 31.9 Å². The molecule has 7 heteroatoms. The Morgan fingerprint density at radius 2 is 1.60 bits per heavy atom. The molecule has 2 aromatic carbocycles. The quantitative estimate of drug-likeness (QED) is 0.669.